The van der Waals surface area contributed by atoms with Crippen molar-refractivity contribution in [1.29, 1.82) is 0 Å². The van der Waals surface area contributed by atoms with Crippen LogP contribution in [0.25, 0.3) is 11.2 Å². The predicted octanol–water partition coefficient (Wildman–Crippen LogP) is 5.88. The second kappa shape index (κ2) is 11.5. The Balaban J connectivity index is 1.44. The molecule has 5 rings (SSSR count). The zero-order chi connectivity index (χ0) is 30.2. The molecule has 1 amide bonds. The fourth-order valence-corrected chi connectivity index (χ4v) is 5.80. The highest BCUT2D eigenvalue weighted by Crippen LogP contribution is 2.40. The standard InChI is InChI=1S/C31H37F3N4O4/c1-20(2)42-29(40)23-18-37(19-30(3,4)27-26(23)35-25-13-12-24(38(25)27)31(32,33)34)28(39)21-8-10-22(11-9-21)41-17-16-36-14-6-5-7-15-36/h8-13,18,20,35H,5-7,14-17,19H2,1-4H3. The third-order valence-electron chi connectivity index (χ3n) is 7.70. The molecule has 2 aliphatic rings. The number of piperidine rings is 1. The highest BCUT2D eigenvalue weighted by Gasteiger charge is 2.42. The number of carbonyl (C=O) groups excluding carboxylic acids is 2. The number of alkyl halides is 3. The smallest absolute Gasteiger partial charge is 0.431 e. The van der Waals surface area contributed by atoms with E-state index in [2.05, 4.69) is 9.88 Å². The summed E-state index contributed by atoms with van der Waals surface area (Å²) in [7, 11) is 0. The number of aromatic amines is 1. The SMILES string of the molecule is CC(C)OC(=O)C1=CN(C(=O)c2ccc(OCCN3CCCCC3)cc2)CC(C)(C)c2c1[nH]c1ccc(C(F)(F)F)n21. The summed E-state index contributed by atoms with van der Waals surface area (Å²) in [5.41, 5.74) is -0.888. The van der Waals surface area contributed by atoms with E-state index in [0.717, 1.165) is 30.1 Å². The zero-order valence-corrected chi connectivity index (χ0v) is 24.4. The van der Waals surface area contributed by atoms with Gasteiger partial charge in [-0.2, -0.15) is 13.2 Å². The van der Waals surface area contributed by atoms with Crippen molar-refractivity contribution in [2.75, 3.05) is 32.8 Å². The third-order valence-corrected chi connectivity index (χ3v) is 7.70. The average molecular weight is 587 g/mol. The van der Waals surface area contributed by atoms with Gasteiger partial charge in [-0.25, -0.2) is 4.79 Å². The Hall–Kier alpha value is -3.73. The lowest BCUT2D eigenvalue weighted by Crippen LogP contribution is -2.38. The molecular weight excluding hydrogens is 549 g/mol. The summed E-state index contributed by atoms with van der Waals surface area (Å²) in [6.45, 7) is 10.4. The molecule has 8 nitrogen and oxygen atoms in total. The van der Waals surface area contributed by atoms with Gasteiger partial charge in [0.2, 0.25) is 0 Å². The molecule has 3 aromatic rings. The molecule has 11 heteroatoms. The number of amides is 1. The molecule has 1 aromatic carbocycles. The Kier molecular flexibility index (Phi) is 8.15. The van der Waals surface area contributed by atoms with Gasteiger partial charge in [-0.15, -0.1) is 0 Å². The van der Waals surface area contributed by atoms with Crippen LogP contribution in [0.15, 0.2) is 42.6 Å². The van der Waals surface area contributed by atoms with Gasteiger partial charge < -0.3 is 19.4 Å². The van der Waals surface area contributed by atoms with Crippen LogP contribution in [0.3, 0.4) is 0 Å². The summed E-state index contributed by atoms with van der Waals surface area (Å²) >= 11 is 0. The molecule has 0 atom stereocenters. The molecular formula is C31H37F3N4O4. The topological polar surface area (TPSA) is 79.3 Å². The van der Waals surface area contributed by atoms with Crippen molar-refractivity contribution in [3.05, 3.63) is 65.2 Å². The summed E-state index contributed by atoms with van der Waals surface area (Å²) in [5.74, 6) is -0.499. The molecule has 4 heterocycles. The zero-order valence-electron chi connectivity index (χ0n) is 24.4. The van der Waals surface area contributed by atoms with Crippen LogP contribution in [0.5, 0.6) is 5.75 Å². The van der Waals surface area contributed by atoms with E-state index in [4.69, 9.17) is 9.47 Å². The number of nitrogens with one attached hydrogen (secondary N) is 1. The molecule has 1 saturated heterocycles. The fraction of sp³-hybridized carbons (Fsp3) is 0.484. The predicted molar refractivity (Wildman–Crippen MR) is 152 cm³/mol. The van der Waals surface area contributed by atoms with Crippen LogP contribution in [0.2, 0.25) is 0 Å². The number of esters is 1. The van der Waals surface area contributed by atoms with Gasteiger partial charge in [-0.1, -0.05) is 20.3 Å². The number of ether oxygens (including phenoxy) is 2. The van der Waals surface area contributed by atoms with Crippen molar-refractivity contribution in [3.8, 4) is 5.75 Å². The lowest BCUT2D eigenvalue weighted by molar-refractivity contribution is -0.142. The van der Waals surface area contributed by atoms with E-state index >= 15 is 0 Å². The number of halogens is 3. The molecule has 0 saturated carbocycles. The Morgan fingerprint density at radius 2 is 1.71 bits per heavy atom. The number of H-pyrrole nitrogens is 1. The summed E-state index contributed by atoms with van der Waals surface area (Å²) < 4.78 is 54.4. The van der Waals surface area contributed by atoms with Gasteiger partial charge in [-0.3, -0.25) is 14.1 Å². The summed E-state index contributed by atoms with van der Waals surface area (Å²) in [6, 6.07) is 9.10. The third kappa shape index (κ3) is 6.06. The van der Waals surface area contributed by atoms with Crippen molar-refractivity contribution < 1.29 is 32.2 Å². The van der Waals surface area contributed by atoms with E-state index in [-0.39, 0.29) is 29.2 Å². The number of aromatic nitrogens is 2. The summed E-state index contributed by atoms with van der Waals surface area (Å²) in [6.07, 6.45) is -0.0300. The van der Waals surface area contributed by atoms with Crippen LogP contribution < -0.4 is 4.74 Å². The maximum absolute atomic E-state index is 14.0. The number of nitrogens with zero attached hydrogens (tertiary/aromatic N) is 3. The average Bonchev–Trinajstić information content (AvgIpc) is 3.47. The quantitative estimate of drug-likeness (QED) is 0.350. The van der Waals surface area contributed by atoms with E-state index < -0.39 is 35.3 Å². The lowest BCUT2D eigenvalue weighted by atomic mass is 9.86. The number of likely N-dealkylation sites (tertiary alicyclic amines) is 1. The highest BCUT2D eigenvalue weighted by molar-refractivity contribution is 6.17. The number of hydrogen-bond acceptors (Lipinski definition) is 5. The van der Waals surface area contributed by atoms with E-state index in [1.165, 1.54) is 36.4 Å². The van der Waals surface area contributed by atoms with Gasteiger partial charge in [0, 0.05) is 30.3 Å². The van der Waals surface area contributed by atoms with Crippen molar-refractivity contribution in [1.82, 2.24) is 19.2 Å². The molecule has 0 unspecified atom stereocenters. The minimum absolute atomic E-state index is 0.0212. The number of hydrogen-bond donors (Lipinski definition) is 1. The molecule has 0 bridgehead atoms. The molecule has 2 aliphatic heterocycles. The molecule has 226 valence electrons. The maximum atomic E-state index is 14.0. The lowest BCUT2D eigenvalue weighted by Gasteiger charge is -2.30. The molecule has 1 N–H and O–H groups in total. The van der Waals surface area contributed by atoms with Gasteiger partial charge in [0.1, 0.15) is 29.3 Å². The van der Waals surface area contributed by atoms with Gasteiger partial charge >= 0.3 is 12.1 Å². The maximum Gasteiger partial charge on any atom is 0.431 e. The molecule has 42 heavy (non-hydrogen) atoms. The second-order valence-electron chi connectivity index (χ2n) is 11.9. The first-order chi connectivity index (χ1) is 19.8. The Morgan fingerprint density at radius 3 is 2.36 bits per heavy atom. The van der Waals surface area contributed by atoms with Crippen molar-refractivity contribution >= 4 is 23.1 Å². The minimum atomic E-state index is -4.62. The van der Waals surface area contributed by atoms with E-state index in [0.29, 0.717) is 17.9 Å². The van der Waals surface area contributed by atoms with Gasteiger partial charge in [0.05, 0.1) is 17.5 Å². The Labute approximate surface area is 243 Å². The van der Waals surface area contributed by atoms with Gasteiger partial charge in [0.25, 0.3) is 5.91 Å². The molecule has 1 fully saturated rings. The monoisotopic (exact) mass is 586 g/mol. The van der Waals surface area contributed by atoms with Gasteiger partial charge in [0.15, 0.2) is 0 Å². The number of imidazole rings is 1. The highest BCUT2D eigenvalue weighted by atomic mass is 19.4. The fourth-order valence-electron chi connectivity index (χ4n) is 5.80. The minimum Gasteiger partial charge on any atom is -0.492 e. The second-order valence-corrected chi connectivity index (χ2v) is 11.9. The van der Waals surface area contributed by atoms with E-state index in [1.54, 1.807) is 52.0 Å². The molecule has 0 spiro atoms. The first-order valence-electron chi connectivity index (χ1n) is 14.4. The molecule has 2 aromatic heterocycles. The normalized spacial score (nSPS) is 17.6. The largest absolute Gasteiger partial charge is 0.492 e. The van der Waals surface area contributed by atoms with Crippen molar-refractivity contribution in [3.63, 3.8) is 0 Å². The molecule has 0 aliphatic carbocycles. The summed E-state index contributed by atoms with van der Waals surface area (Å²) in [5, 5.41) is 0. The first kappa shape index (κ1) is 29.8. The molecule has 0 radical (unpaired) electrons. The number of carbonyl (C=O) groups is 2. The Bertz CT molecular complexity index is 1480. The van der Waals surface area contributed by atoms with Crippen molar-refractivity contribution in [2.24, 2.45) is 0 Å². The van der Waals surface area contributed by atoms with Crippen LogP contribution in [-0.2, 0) is 21.1 Å². The van der Waals surface area contributed by atoms with Crippen LogP contribution in [0.4, 0.5) is 13.2 Å². The Morgan fingerprint density at radius 1 is 1.02 bits per heavy atom. The number of fused-ring (bicyclic) bond motifs is 3. The van der Waals surface area contributed by atoms with Gasteiger partial charge in [-0.05, 0) is 76.2 Å². The van der Waals surface area contributed by atoms with E-state index in [9.17, 15) is 22.8 Å². The van der Waals surface area contributed by atoms with Crippen LogP contribution in [0.1, 0.15) is 74.4 Å². The number of rotatable bonds is 7. The van der Waals surface area contributed by atoms with Crippen LogP contribution in [0, 0.1) is 0 Å². The van der Waals surface area contributed by atoms with Crippen LogP contribution >= 0.6 is 0 Å². The number of benzene rings is 1. The van der Waals surface area contributed by atoms with Crippen molar-refractivity contribution in [2.45, 2.75) is 64.7 Å². The summed E-state index contributed by atoms with van der Waals surface area (Å²) in [4.78, 5) is 33.8. The van der Waals surface area contributed by atoms with E-state index in [1.807, 2.05) is 0 Å². The first-order valence-corrected chi connectivity index (χ1v) is 14.4. The van der Waals surface area contributed by atoms with Crippen LogP contribution in [-0.4, -0.2) is 70.0 Å².